The minimum atomic E-state index is 0.518. The second kappa shape index (κ2) is 15.2. The summed E-state index contributed by atoms with van der Waals surface area (Å²) in [6.07, 6.45) is 0. The van der Waals surface area contributed by atoms with E-state index in [4.69, 9.17) is 21.2 Å². The van der Waals surface area contributed by atoms with Crippen molar-refractivity contribution in [3.05, 3.63) is 180 Å². The SMILES string of the molecule is Cc1ccccc1.Cc1ccccc1.N=N.NCc1cccc(-c2cc3c4ccccc4c4ccccc4c3c3oc4ccccc4c23)c1. The Bertz CT molecular complexity index is 2450. The van der Waals surface area contributed by atoms with Crippen molar-refractivity contribution in [2.45, 2.75) is 20.4 Å². The zero-order valence-electron chi connectivity index (χ0n) is 27.8. The topological polar surface area (TPSA) is 86.9 Å². The van der Waals surface area contributed by atoms with E-state index in [0.29, 0.717) is 6.54 Å². The molecule has 4 nitrogen and oxygen atoms in total. The van der Waals surface area contributed by atoms with Gasteiger partial charge in [-0.25, -0.2) is 11.1 Å². The summed E-state index contributed by atoms with van der Waals surface area (Å²) in [4.78, 5) is 0. The highest BCUT2D eigenvalue weighted by Crippen LogP contribution is 2.46. The van der Waals surface area contributed by atoms with Gasteiger partial charge in [0.2, 0.25) is 0 Å². The maximum atomic E-state index is 6.62. The van der Waals surface area contributed by atoms with E-state index in [2.05, 4.69) is 135 Å². The van der Waals surface area contributed by atoms with Crippen LogP contribution in [0, 0.1) is 24.9 Å². The molecule has 4 heteroatoms. The van der Waals surface area contributed by atoms with Gasteiger partial charge in [0.15, 0.2) is 0 Å². The van der Waals surface area contributed by atoms with Crippen molar-refractivity contribution in [1.82, 2.24) is 0 Å². The fraction of sp³-hybridized carbons (Fsp3) is 0.0667. The normalized spacial score (nSPS) is 10.6. The van der Waals surface area contributed by atoms with Gasteiger partial charge in [-0.1, -0.05) is 157 Å². The van der Waals surface area contributed by atoms with Crippen LogP contribution in [-0.4, -0.2) is 0 Å². The molecule has 1 heterocycles. The number of furan rings is 1. The summed E-state index contributed by atoms with van der Waals surface area (Å²) in [5, 5.41) is 9.66. The molecule has 240 valence electrons. The van der Waals surface area contributed by atoms with Gasteiger partial charge in [0.05, 0.1) is 0 Å². The zero-order chi connectivity index (χ0) is 34.2. The second-order valence-electron chi connectivity index (χ2n) is 12.0. The highest BCUT2D eigenvalue weighted by Gasteiger charge is 2.20. The van der Waals surface area contributed by atoms with Crippen molar-refractivity contribution in [2.24, 2.45) is 5.73 Å². The van der Waals surface area contributed by atoms with Gasteiger partial charge in [0, 0.05) is 22.7 Å². The van der Waals surface area contributed by atoms with Crippen LogP contribution in [0.15, 0.2) is 168 Å². The van der Waals surface area contributed by atoms with E-state index < -0.39 is 0 Å². The van der Waals surface area contributed by atoms with Gasteiger partial charge in [-0.15, -0.1) is 0 Å². The van der Waals surface area contributed by atoms with Crippen LogP contribution in [0.2, 0.25) is 0 Å². The molecule has 1 aromatic heterocycles. The maximum absolute atomic E-state index is 6.62. The van der Waals surface area contributed by atoms with Gasteiger partial charge in [-0.2, -0.15) is 0 Å². The largest absolute Gasteiger partial charge is 0.455 e. The molecule has 49 heavy (non-hydrogen) atoms. The molecule has 0 radical (unpaired) electrons. The third-order valence-electron chi connectivity index (χ3n) is 8.71. The molecule has 0 unspecified atom stereocenters. The summed E-state index contributed by atoms with van der Waals surface area (Å²) >= 11 is 0. The lowest BCUT2D eigenvalue weighted by atomic mass is 9.89. The summed E-state index contributed by atoms with van der Waals surface area (Å²) in [5.41, 5.74) is 24.0. The number of hydrogen-bond donors (Lipinski definition) is 3. The molecule has 0 amide bonds. The third kappa shape index (κ3) is 6.82. The number of rotatable bonds is 2. The van der Waals surface area contributed by atoms with Crippen molar-refractivity contribution in [3.63, 3.8) is 0 Å². The van der Waals surface area contributed by atoms with E-state index in [1.54, 1.807) is 0 Å². The number of hydrogen-bond acceptors (Lipinski definition) is 4. The second-order valence-corrected chi connectivity index (χ2v) is 12.0. The van der Waals surface area contributed by atoms with Crippen LogP contribution in [0.1, 0.15) is 16.7 Å². The standard InChI is InChI=1S/C31H21NO.2C7H8.H2N2/c32-18-19-8-7-9-20(16-19)26-17-27-23-12-2-1-10-21(23)22-11-3-4-13-24(22)29(27)31-30(26)25-14-5-6-15-28(25)33-31;2*1-7-5-3-2-4-6-7;1-2/h1-17H,18,32H2;2*2-6H,1H3;1-2H. The van der Waals surface area contributed by atoms with E-state index in [1.807, 2.05) is 42.5 Å². The fourth-order valence-corrected chi connectivity index (χ4v) is 6.43. The maximum Gasteiger partial charge on any atom is 0.144 e. The van der Waals surface area contributed by atoms with Crippen LogP contribution in [0.3, 0.4) is 0 Å². The number of para-hydroxylation sites is 1. The monoisotopic (exact) mass is 637 g/mol. The molecule has 0 bridgehead atoms. The molecule has 0 fully saturated rings. The summed E-state index contributed by atoms with van der Waals surface area (Å²) in [5.74, 6) is 0. The van der Waals surface area contributed by atoms with Crippen LogP contribution in [0.5, 0.6) is 0 Å². The predicted octanol–water partition coefficient (Wildman–Crippen LogP) is 12.8. The molecule has 0 atom stereocenters. The first-order valence-corrected chi connectivity index (χ1v) is 16.4. The molecule has 0 aliphatic heterocycles. The zero-order valence-corrected chi connectivity index (χ0v) is 27.8. The third-order valence-corrected chi connectivity index (χ3v) is 8.71. The molecule has 0 aliphatic rings. The summed E-state index contributed by atoms with van der Waals surface area (Å²) in [6.45, 7) is 4.68. The Balaban J connectivity index is 0.000000215. The van der Waals surface area contributed by atoms with Crippen molar-refractivity contribution in [1.29, 1.82) is 11.1 Å². The molecule has 0 aliphatic carbocycles. The number of nitrogens with one attached hydrogen (secondary N) is 2. The van der Waals surface area contributed by atoms with E-state index in [-0.39, 0.29) is 0 Å². The van der Waals surface area contributed by atoms with Crippen molar-refractivity contribution in [2.75, 3.05) is 0 Å². The summed E-state index contributed by atoms with van der Waals surface area (Å²) < 4.78 is 6.62. The van der Waals surface area contributed by atoms with Crippen molar-refractivity contribution < 1.29 is 4.42 Å². The highest BCUT2D eigenvalue weighted by molar-refractivity contribution is 6.34. The lowest BCUT2D eigenvalue weighted by Crippen LogP contribution is -1.96. The molecule has 0 saturated carbocycles. The van der Waals surface area contributed by atoms with Crippen LogP contribution in [0.4, 0.5) is 0 Å². The fourth-order valence-electron chi connectivity index (χ4n) is 6.43. The molecular weight excluding hydrogens is 599 g/mol. The van der Waals surface area contributed by atoms with Gasteiger partial charge in [-0.05, 0) is 75.7 Å². The Kier molecular flexibility index (Phi) is 10.2. The Morgan fingerprint density at radius 1 is 0.469 bits per heavy atom. The lowest BCUT2D eigenvalue weighted by Gasteiger charge is -2.14. The van der Waals surface area contributed by atoms with E-state index >= 15 is 0 Å². The molecule has 9 aromatic rings. The van der Waals surface area contributed by atoms with Crippen molar-refractivity contribution in [3.8, 4) is 11.1 Å². The van der Waals surface area contributed by atoms with Crippen LogP contribution in [0.25, 0.3) is 65.4 Å². The quantitative estimate of drug-likeness (QED) is 0.130. The number of aryl methyl sites for hydroxylation is 2. The van der Waals surface area contributed by atoms with Crippen molar-refractivity contribution >= 4 is 54.3 Å². The van der Waals surface area contributed by atoms with Crippen LogP contribution < -0.4 is 5.73 Å². The molecule has 0 saturated heterocycles. The molecule has 4 N–H and O–H groups in total. The Hall–Kier alpha value is -6.10. The lowest BCUT2D eigenvalue weighted by molar-refractivity contribution is 0.673. The highest BCUT2D eigenvalue weighted by atomic mass is 16.3. The Morgan fingerprint density at radius 3 is 1.51 bits per heavy atom. The Morgan fingerprint density at radius 2 is 0.959 bits per heavy atom. The number of nitrogens with two attached hydrogens (primary N) is 1. The first-order chi connectivity index (χ1) is 24.1. The smallest absolute Gasteiger partial charge is 0.144 e. The van der Waals surface area contributed by atoms with Gasteiger partial charge in [0.1, 0.15) is 11.2 Å². The van der Waals surface area contributed by atoms with Crippen LogP contribution >= 0.6 is 0 Å². The first-order valence-electron chi connectivity index (χ1n) is 16.4. The summed E-state index contributed by atoms with van der Waals surface area (Å²) in [6, 6.07) is 57.1. The van der Waals surface area contributed by atoms with Crippen LogP contribution in [-0.2, 0) is 6.54 Å². The van der Waals surface area contributed by atoms with Gasteiger partial charge < -0.3 is 10.2 Å². The minimum Gasteiger partial charge on any atom is -0.455 e. The molecule has 8 aromatic carbocycles. The predicted molar refractivity (Wildman–Crippen MR) is 207 cm³/mol. The number of benzene rings is 8. The summed E-state index contributed by atoms with van der Waals surface area (Å²) in [7, 11) is 0. The average Bonchev–Trinajstić information content (AvgIpc) is 3.56. The average molecular weight is 638 g/mol. The van der Waals surface area contributed by atoms with E-state index in [0.717, 1.165) is 33.1 Å². The van der Waals surface area contributed by atoms with E-state index in [9.17, 15) is 0 Å². The van der Waals surface area contributed by atoms with Gasteiger partial charge in [0.25, 0.3) is 0 Å². The minimum absolute atomic E-state index is 0.518. The first kappa shape index (κ1) is 32.8. The molecule has 0 spiro atoms. The van der Waals surface area contributed by atoms with E-state index in [1.165, 1.54) is 49.0 Å². The number of fused-ring (bicyclic) bond motifs is 10. The van der Waals surface area contributed by atoms with Gasteiger partial charge >= 0.3 is 0 Å². The molecule has 9 rings (SSSR count). The molecular formula is C45H39N3O. The Labute approximate surface area is 286 Å². The van der Waals surface area contributed by atoms with Gasteiger partial charge in [-0.3, -0.25) is 0 Å².